The maximum atomic E-state index is 11.9. The van der Waals surface area contributed by atoms with E-state index in [0.29, 0.717) is 18.8 Å². The number of carbonyl (C=O) groups excluding carboxylic acids is 1. The van der Waals surface area contributed by atoms with Crippen molar-refractivity contribution in [1.29, 1.82) is 0 Å². The molecular weight excluding hydrogens is 332 g/mol. The molecule has 0 aromatic heterocycles. The van der Waals surface area contributed by atoms with Crippen LogP contribution in [-0.4, -0.2) is 38.2 Å². The van der Waals surface area contributed by atoms with Crippen molar-refractivity contribution in [2.75, 3.05) is 20.0 Å². The zero-order valence-corrected chi connectivity index (χ0v) is 15.3. The summed E-state index contributed by atoms with van der Waals surface area (Å²) in [5, 5.41) is 0. The van der Waals surface area contributed by atoms with Crippen molar-refractivity contribution in [3.8, 4) is 0 Å². The van der Waals surface area contributed by atoms with Crippen LogP contribution in [0.2, 0.25) is 0 Å². The lowest BCUT2D eigenvalue weighted by molar-refractivity contribution is -0.105. The molecule has 26 heavy (non-hydrogen) atoms. The minimum Gasteiger partial charge on any atom is -0.435 e. The van der Waals surface area contributed by atoms with E-state index in [1.165, 1.54) is 0 Å². The third kappa shape index (κ3) is 7.78. The van der Waals surface area contributed by atoms with Gasteiger partial charge in [0.2, 0.25) is 0 Å². The normalized spacial score (nSPS) is 12.1. The largest absolute Gasteiger partial charge is 0.435 e. The first-order chi connectivity index (χ1) is 12.6. The molecule has 0 saturated heterocycles. The summed E-state index contributed by atoms with van der Waals surface area (Å²) in [6, 6.07) is 18.7. The van der Waals surface area contributed by atoms with E-state index in [-0.39, 0.29) is 25.6 Å². The zero-order chi connectivity index (χ0) is 18.6. The van der Waals surface area contributed by atoms with Crippen molar-refractivity contribution < 1.29 is 23.7 Å². The fourth-order valence-electron chi connectivity index (χ4n) is 2.16. The SMILES string of the molecule is CC(C)OCC(COCOC(=O)c1ccccc1)OCc1ccccc1. The van der Waals surface area contributed by atoms with Gasteiger partial charge < -0.3 is 18.9 Å². The second-order valence-electron chi connectivity index (χ2n) is 6.09. The Morgan fingerprint density at radius 1 is 0.885 bits per heavy atom. The molecule has 0 aliphatic rings. The molecule has 2 aromatic rings. The van der Waals surface area contributed by atoms with Crippen molar-refractivity contribution in [2.24, 2.45) is 0 Å². The van der Waals surface area contributed by atoms with Crippen LogP contribution in [0.25, 0.3) is 0 Å². The third-order valence-corrected chi connectivity index (χ3v) is 3.53. The van der Waals surface area contributed by atoms with Crippen LogP contribution in [0, 0.1) is 0 Å². The predicted molar refractivity (Wildman–Crippen MR) is 98.8 cm³/mol. The highest BCUT2D eigenvalue weighted by Crippen LogP contribution is 2.06. The molecule has 140 valence electrons. The van der Waals surface area contributed by atoms with Gasteiger partial charge in [-0.25, -0.2) is 4.79 Å². The molecule has 0 bridgehead atoms. The Morgan fingerprint density at radius 2 is 1.54 bits per heavy atom. The Kier molecular flexibility index (Phi) is 8.83. The number of hydrogen-bond donors (Lipinski definition) is 0. The molecule has 0 aliphatic heterocycles. The Morgan fingerprint density at radius 3 is 2.19 bits per heavy atom. The molecule has 0 amide bonds. The van der Waals surface area contributed by atoms with Crippen LogP contribution < -0.4 is 0 Å². The van der Waals surface area contributed by atoms with E-state index in [9.17, 15) is 4.79 Å². The zero-order valence-electron chi connectivity index (χ0n) is 15.3. The molecular formula is C21H26O5. The van der Waals surface area contributed by atoms with Crippen LogP contribution in [0.5, 0.6) is 0 Å². The van der Waals surface area contributed by atoms with Crippen molar-refractivity contribution in [3.63, 3.8) is 0 Å². The highest BCUT2D eigenvalue weighted by atomic mass is 16.7. The van der Waals surface area contributed by atoms with Crippen LogP contribution in [0.1, 0.15) is 29.8 Å². The van der Waals surface area contributed by atoms with Gasteiger partial charge in [0.05, 0.1) is 31.5 Å². The quantitative estimate of drug-likeness (QED) is 0.347. The summed E-state index contributed by atoms with van der Waals surface area (Å²) >= 11 is 0. The molecule has 0 spiro atoms. The van der Waals surface area contributed by atoms with E-state index < -0.39 is 5.97 Å². The predicted octanol–water partition coefficient (Wildman–Crippen LogP) is 3.83. The molecule has 0 fully saturated rings. The third-order valence-electron chi connectivity index (χ3n) is 3.53. The monoisotopic (exact) mass is 358 g/mol. The minimum absolute atomic E-state index is 0.105. The average Bonchev–Trinajstić information content (AvgIpc) is 2.67. The number of benzene rings is 2. The summed E-state index contributed by atoms with van der Waals surface area (Å²) in [6.07, 6.45) is -0.137. The Bertz CT molecular complexity index is 627. The lowest BCUT2D eigenvalue weighted by atomic mass is 10.2. The van der Waals surface area contributed by atoms with Gasteiger partial charge in [-0.15, -0.1) is 0 Å². The Labute approximate surface area is 154 Å². The summed E-state index contributed by atoms with van der Waals surface area (Å²) in [5.74, 6) is -0.411. The highest BCUT2D eigenvalue weighted by Gasteiger charge is 2.13. The lowest BCUT2D eigenvalue weighted by Gasteiger charge is -2.19. The fourth-order valence-corrected chi connectivity index (χ4v) is 2.16. The van der Waals surface area contributed by atoms with E-state index in [2.05, 4.69) is 0 Å². The summed E-state index contributed by atoms with van der Waals surface area (Å²) in [4.78, 5) is 11.9. The molecule has 0 radical (unpaired) electrons. The van der Waals surface area contributed by atoms with Crippen LogP contribution in [0.3, 0.4) is 0 Å². The van der Waals surface area contributed by atoms with Crippen molar-refractivity contribution in [1.82, 2.24) is 0 Å². The van der Waals surface area contributed by atoms with Gasteiger partial charge in [0.15, 0.2) is 6.79 Å². The number of rotatable bonds is 11. The number of esters is 1. The average molecular weight is 358 g/mol. The Hall–Kier alpha value is -2.21. The highest BCUT2D eigenvalue weighted by molar-refractivity contribution is 5.89. The van der Waals surface area contributed by atoms with Gasteiger partial charge in [0.1, 0.15) is 6.10 Å². The Balaban J connectivity index is 1.73. The molecule has 0 N–H and O–H groups in total. The second kappa shape index (κ2) is 11.4. The fraction of sp³-hybridized carbons (Fsp3) is 0.381. The van der Waals surface area contributed by atoms with Crippen molar-refractivity contribution >= 4 is 5.97 Å². The van der Waals surface area contributed by atoms with E-state index in [0.717, 1.165) is 5.56 Å². The van der Waals surface area contributed by atoms with Gasteiger partial charge in [-0.2, -0.15) is 0 Å². The molecule has 5 nitrogen and oxygen atoms in total. The smallest absolute Gasteiger partial charge is 0.340 e. The topological polar surface area (TPSA) is 54.0 Å². The van der Waals surface area contributed by atoms with E-state index in [4.69, 9.17) is 18.9 Å². The molecule has 2 rings (SSSR count). The van der Waals surface area contributed by atoms with Gasteiger partial charge in [0.25, 0.3) is 0 Å². The standard InChI is InChI=1S/C21H26O5/c1-17(2)24-15-20(25-13-18-9-5-3-6-10-18)14-23-16-26-21(22)19-11-7-4-8-12-19/h3-12,17,20H,13-16H2,1-2H3. The van der Waals surface area contributed by atoms with E-state index in [1.54, 1.807) is 24.3 Å². The van der Waals surface area contributed by atoms with Gasteiger partial charge in [-0.1, -0.05) is 48.5 Å². The van der Waals surface area contributed by atoms with Crippen LogP contribution >= 0.6 is 0 Å². The summed E-state index contributed by atoms with van der Waals surface area (Å²) in [7, 11) is 0. The van der Waals surface area contributed by atoms with Crippen molar-refractivity contribution in [3.05, 3.63) is 71.8 Å². The van der Waals surface area contributed by atoms with E-state index >= 15 is 0 Å². The maximum Gasteiger partial charge on any atom is 0.340 e. The summed E-state index contributed by atoms with van der Waals surface area (Å²) in [5.41, 5.74) is 1.58. The first kappa shape index (κ1) is 20.1. The minimum atomic E-state index is -0.411. The van der Waals surface area contributed by atoms with Crippen LogP contribution in [0.15, 0.2) is 60.7 Å². The molecule has 0 saturated carbocycles. The van der Waals surface area contributed by atoms with Gasteiger partial charge in [0, 0.05) is 0 Å². The van der Waals surface area contributed by atoms with Gasteiger partial charge in [-0.05, 0) is 31.5 Å². The van der Waals surface area contributed by atoms with Crippen LogP contribution in [-0.2, 0) is 25.6 Å². The maximum absolute atomic E-state index is 11.9. The number of carbonyl (C=O) groups is 1. The lowest BCUT2D eigenvalue weighted by Crippen LogP contribution is -2.28. The number of ether oxygens (including phenoxy) is 4. The first-order valence-corrected chi connectivity index (χ1v) is 8.72. The summed E-state index contributed by atoms with van der Waals surface area (Å²) < 4.78 is 22.1. The van der Waals surface area contributed by atoms with E-state index in [1.807, 2.05) is 50.2 Å². The first-order valence-electron chi connectivity index (χ1n) is 8.72. The molecule has 1 atom stereocenters. The summed E-state index contributed by atoms with van der Waals surface area (Å²) in [6.45, 7) is 4.98. The van der Waals surface area contributed by atoms with Crippen molar-refractivity contribution in [2.45, 2.75) is 32.7 Å². The molecule has 1 unspecified atom stereocenters. The molecule has 2 aromatic carbocycles. The molecule has 5 heteroatoms. The molecule has 0 heterocycles. The number of hydrogen-bond acceptors (Lipinski definition) is 5. The second-order valence-corrected chi connectivity index (χ2v) is 6.09. The molecule has 0 aliphatic carbocycles. The van der Waals surface area contributed by atoms with Gasteiger partial charge in [-0.3, -0.25) is 0 Å². The van der Waals surface area contributed by atoms with Gasteiger partial charge >= 0.3 is 5.97 Å². The van der Waals surface area contributed by atoms with Crippen LogP contribution in [0.4, 0.5) is 0 Å².